The molecule has 1 aliphatic heterocycles. The van der Waals surface area contributed by atoms with Gasteiger partial charge >= 0.3 is 0 Å². The first kappa shape index (κ1) is 22.8. The highest BCUT2D eigenvalue weighted by molar-refractivity contribution is 7.80. The van der Waals surface area contributed by atoms with Crippen molar-refractivity contribution in [2.24, 2.45) is 0 Å². The second-order valence-electron chi connectivity index (χ2n) is 7.26. The molecule has 0 unspecified atom stereocenters. The van der Waals surface area contributed by atoms with Crippen LogP contribution in [0.25, 0.3) is 0 Å². The number of ether oxygens (including phenoxy) is 1. The number of nitrogens with one attached hydrogen (secondary N) is 1. The van der Waals surface area contributed by atoms with Crippen LogP contribution in [0.4, 0.5) is 10.1 Å². The third kappa shape index (κ3) is 6.87. The third-order valence-corrected chi connectivity index (χ3v) is 5.40. The molecular weight excluding hydrogens is 401 g/mol. The Morgan fingerprint density at radius 2 is 2.11 bits per heavy atom. The number of benzene rings is 1. The number of piperidine rings is 1. The van der Waals surface area contributed by atoms with Crippen LogP contribution in [-0.2, 0) is 9.53 Å². The van der Waals surface area contributed by atoms with Crippen LogP contribution in [0.1, 0.15) is 40.0 Å². The van der Waals surface area contributed by atoms with Crippen molar-refractivity contribution >= 4 is 40.5 Å². The Balaban J connectivity index is 2.02. The molecule has 0 aliphatic carbocycles. The highest BCUT2D eigenvalue weighted by Crippen LogP contribution is 2.22. The Morgan fingerprint density at radius 3 is 2.68 bits per heavy atom. The van der Waals surface area contributed by atoms with Crippen LogP contribution in [0.15, 0.2) is 18.2 Å². The van der Waals surface area contributed by atoms with E-state index in [-0.39, 0.29) is 23.1 Å². The fourth-order valence-corrected chi connectivity index (χ4v) is 3.80. The monoisotopic (exact) mass is 429 g/mol. The zero-order valence-corrected chi connectivity index (χ0v) is 18.3. The van der Waals surface area contributed by atoms with Crippen molar-refractivity contribution in [1.82, 2.24) is 9.80 Å². The van der Waals surface area contributed by atoms with Gasteiger partial charge in [0, 0.05) is 44.9 Å². The van der Waals surface area contributed by atoms with Gasteiger partial charge in [-0.1, -0.05) is 11.6 Å². The van der Waals surface area contributed by atoms with E-state index >= 15 is 0 Å². The summed E-state index contributed by atoms with van der Waals surface area (Å²) in [7, 11) is 0. The van der Waals surface area contributed by atoms with Gasteiger partial charge in [0.2, 0.25) is 5.91 Å². The summed E-state index contributed by atoms with van der Waals surface area (Å²) in [5.41, 5.74) is 0.654. The van der Waals surface area contributed by atoms with Crippen LogP contribution >= 0.6 is 23.8 Å². The molecule has 0 aromatic heterocycles. The van der Waals surface area contributed by atoms with Crippen LogP contribution in [-0.4, -0.2) is 59.2 Å². The number of hydrogen-bond acceptors (Lipinski definition) is 3. The summed E-state index contributed by atoms with van der Waals surface area (Å²) >= 11 is 11.5. The van der Waals surface area contributed by atoms with Crippen LogP contribution in [0.5, 0.6) is 0 Å². The maximum Gasteiger partial charge on any atom is 0.219 e. The number of anilines is 1. The van der Waals surface area contributed by atoms with E-state index in [2.05, 4.69) is 10.2 Å². The summed E-state index contributed by atoms with van der Waals surface area (Å²) in [5, 5.41) is 3.81. The molecule has 1 aromatic carbocycles. The number of carbonyl (C=O) groups is 1. The molecule has 1 aliphatic rings. The van der Waals surface area contributed by atoms with Crippen molar-refractivity contribution < 1.29 is 13.9 Å². The van der Waals surface area contributed by atoms with Gasteiger partial charge in [-0.05, 0) is 63.5 Å². The van der Waals surface area contributed by atoms with E-state index in [1.165, 1.54) is 12.1 Å². The summed E-state index contributed by atoms with van der Waals surface area (Å²) in [6.07, 6.45) is 2.75. The minimum absolute atomic E-state index is 0.0550. The van der Waals surface area contributed by atoms with E-state index in [9.17, 15) is 9.18 Å². The van der Waals surface area contributed by atoms with Gasteiger partial charge in [-0.2, -0.15) is 0 Å². The van der Waals surface area contributed by atoms with Crippen LogP contribution in [0, 0.1) is 5.82 Å². The lowest BCUT2D eigenvalue weighted by molar-refractivity contribution is -0.130. The number of thiocarbonyl (C=S) groups is 1. The predicted octanol–water partition coefficient (Wildman–Crippen LogP) is 4.30. The smallest absolute Gasteiger partial charge is 0.219 e. The van der Waals surface area contributed by atoms with Crippen molar-refractivity contribution in [3.63, 3.8) is 0 Å². The largest absolute Gasteiger partial charge is 0.379 e. The number of rotatable bonds is 7. The van der Waals surface area contributed by atoms with E-state index in [1.807, 2.05) is 18.7 Å². The van der Waals surface area contributed by atoms with Gasteiger partial charge in [0.15, 0.2) is 5.11 Å². The molecule has 0 spiro atoms. The van der Waals surface area contributed by atoms with Gasteiger partial charge in [-0.15, -0.1) is 0 Å². The highest BCUT2D eigenvalue weighted by atomic mass is 35.5. The number of halogens is 2. The molecule has 1 fully saturated rings. The Kier molecular flexibility index (Phi) is 8.92. The first-order valence-corrected chi connectivity index (χ1v) is 10.5. The normalized spacial score (nSPS) is 15.0. The Morgan fingerprint density at radius 1 is 1.43 bits per heavy atom. The molecule has 8 heteroatoms. The van der Waals surface area contributed by atoms with Gasteiger partial charge in [-0.25, -0.2) is 4.39 Å². The Bertz CT molecular complexity index is 681. The highest BCUT2D eigenvalue weighted by Gasteiger charge is 2.27. The average molecular weight is 430 g/mol. The summed E-state index contributed by atoms with van der Waals surface area (Å²) in [4.78, 5) is 15.6. The van der Waals surface area contributed by atoms with Crippen LogP contribution in [0.2, 0.25) is 5.02 Å². The second-order valence-corrected chi connectivity index (χ2v) is 8.06. The van der Waals surface area contributed by atoms with Crippen molar-refractivity contribution in [2.45, 2.75) is 52.2 Å². The molecule has 1 N–H and O–H groups in total. The number of nitrogens with zero attached hydrogens (tertiary/aromatic N) is 2. The van der Waals surface area contributed by atoms with E-state index in [0.717, 1.165) is 38.9 Å². The van der Waals surface area contributed by atoms with Gasteiger partial charge in [0.05, 0.1) is 11.1 Å². The number of carbonyl (C=O) groups excluding carboxylic acids is 1. The topological polar surface area (TPSA) is 44.8 Å². The van der Waals surface area contributed by atoms with Gasteiger partial charge in [-0.3, -0.25) is 4.79 Å². The SMILES string of the molecule is CC(=O)N1CCC(N(CCCOC(C)C)C(=S)Nc2ccc(F)c(Cl)c2)CC1. The molecule has 28 heavy (non-hydrogen) atoms. The lowest BCUT2D eigenvalue weighted by Gasteiger charge is -2.39. The molecule has 156 valence electrons. The summed E-state index contributed by atoms with van der Waals surface area (Å²) < 4.78 is 19.1. The maximum absolute atomic E-state index is 13.4. The first-order chi connectivity index (χ1) is 13.3. The standard InChI is InChI=1S/C20H29ClFN3O2S/c1-14(2)27-12-4-9-25(17-7-10-24(11-8-17)15(3)26)20(28)23-16-5-6-19(22)18(21)13-16/h5-6,13-14,17H,4,7-12H2,1-3H3,(H,23,28). The quantitative estimate of drug-likeness (QED) is 0.517. The molecule has 0 radical (unpaired) electrons. The zero-order valence-electron chi connectivity index (χ0n) is 16.7. The third-order valence-electron chi connectivity index (χ3n) is 4.78. The van der Waals surface area contributed by atoms with E-state index in [0.29, 0.717) is 17.4 Å². The number of amides is 1. The lowest BCUT2D eigenvalue weighted by atomic mass is 10.0. The Hall–Kier alpha value is -1.44. The van der Waals surface area contributed by atoms with E-state index in [1.54, 1.807) is 13.0 Å². The van der Waals surface area contributed by atoms with Crippen LogP contribution in [0.3, 0.4) is 0 Å². The van der Waals surface area contributed by atoms with Crippen molar-refractivity contribution in [3.05, 3.63) is 29.0 Å². The molecule has 1 saturated heterocycles. The Labute approximate surface area is 177 Å². The van der Waals surface area contributed by atoms with E-state index < -0.39 is 5.82 Å². The average Bonchev–Trinajstić information content (AvgIpc) is 2.64. The zero-order chi connectivity index (χ0) is 20.7. The molecule has 1 amide bonds. The van der Waals surface area contributed by atoms with Crippen LogP contribution < -0.4 is 5.32 Å². The van der Waals surface area contributed by atoms with Crippen molar-refractivity contribution in [1.29, 1.82) is 0 Å². The number of likely N-dealkylation sites (tertiary alicyclic amines) is 1. The summed E-state index contributed by atoms with van der Waals surface area (Å²) in [5.74, 6) is -0.352. The molecule has 0 bridgehead atoms. The first-order valence-electron chi connectivity index (χ1n) is 9.67. The minimum atomic E-state index is -0.461. The molecular formula is C20H29ClFN3O2S. The lowest BCUT2D eigenvalue weighted by Crippen LogP contribution is -2.50. The summed E-state index contributed by atoms with van der Waals surface area (Å²) in [6, 6.07) is 4.71. The molecule has 1 aromatic rings. The molecule has 0 saturated carbocycles. The molecule has 0 atom stereocenters. The van der Waals surface area contributed by atoms with Gasteiger partial charge in [0.1, 0.15) is 5.82 Å². The predicted molar refractivity (Wildman–Crippen MR) is 115 cm³/mol. The molecule has 5 nitrogen and oxygen atoms in total. The molecule has 1 heterocycles. The molecule has 2 rings (SSSR count). The fraction of sp³-hybridized carbons (Fsp3) is 0.600. The maximum atomic E-state index is 13.4. The van der Waals surface area contributed by atoms with Crippen molar-refractivity contribution in [3.8, 4) is 0 Å². The second kappa shape index (κ2) is 10.9. The fourth-order valence-electron chi connectivity index (χ4n) is 3.27. The van der Waals surface area contributed by atoms with Gasteiger partial charge in [0.25, 0.3) is 0 Å². The van der Waals surface area contributed by atoms with Gasteiger partial charge < -0.3 is 19.9 Å². The summed E-state index contributed by atoms with van der Waals surface area (Å²) in [6.45, 7) is 8.49. The minimum Gasteiger partial charge on any atom is -0.379 e. The van der Waals surface area contributed by atoms with E-state index in [4.69, 9.17) is 28.6 Å². The number of hydrogen-bond donors (Lipinski definition) is 1. The van der Waals surface area contributed by atoms with Crippen molar-refractivity contribution in [2.75, 3.05) is 31.6 Å².